The lowest BCUT2D eigenvalue weighted by Gasteiger charge is -2.34. The lowest BCUT2D eigenvalue weighted by molar-refractivity contribution is 0.207. The third-order valence-corrected chi connectivity index (χ3v) is 3.95. The van der Waals surface area contributed by atoms with Gasteiger partial charge in [0.15, 0.2) is 0 Å². The second kappa shape index (κ2) is 6.37. The van der Waals surface area contributed by atoms with Crippen LogP contribution in [0.25, 0.3) is 0 Å². The number of nitrogens with one attached hydrogen (secondary N) is 1. The monoisotopic (exact) mass is 337 g/mol. The van der Waals surface area contributed by atoms with Gasteiger partial charge in [-0.15, -0.1) is 0 Å². The summed E-state index contributed by atoms with van der Waals surface area (Å²) in [5.41, 5.74) is 0.986. The zero-order chi connectivity index (χ0) is 14.6. The standard InChI is InChI=1S/C16H17BrFNO/c1-2-16(11-20,12-5-3-6-13(17)9-12)19-15-8-4-7-14(18)10-15/h3-10,19-20H,2,11H2,1H3. The van der Waals surface area contributed by atoms with Crippen LogP contribution in [-0.2, 0) is 5.54 Å². The molecule has 0 amide bonds. The van der Waals surface area contributed by atoms with Gasteiger partial charge in [-0.1, -0.05) is 41.1 Å². The van der Waals surface area contributed by atoms with Gasteiger partial charge in [-0.05, 0) is 42.3 Å². The summed E-state index contributed by atoms with van der Waals surface area (Å²) >= 11 is 3.44. The van der Waals surface area contributed by atoms with Gasteiger partial charge in [-0.3, -0.25) is 0 Å². The Kier molecular flexibility index (Phi) is 4.78. The summed E-state index contributed by atoms with van der Waals surface area (Å²) in [6.45, 7) is 1.92. The highest BCUT2D eigenvalue weighted by Crippen LogP contribution is 2.31. The molecule has 0 aromatic heterocycles. The molecule has 0 aliphatic carbocycles. The smallest absolute Gasteiger partial charge is 0.125 e. The Morgan fingerprint density at radius 2 is 1.95 bits per heavy atom. The van der Waals surface area contributed by atoms with E-state index in [1.54, 1.807) is 12.1 Å². The van der Waals surface area contributed by atoms with Gasteiger partial charge in [0.25, 0.3) is 0 Å². The molecule has 106 valence electrons. The first kappa shape index (κ1) is 15.0. The van der Waals surface area contributed by atoms with E-state index >= 15 is 0 Å². The van der Waals surface area contributed by atoms with Crippen molar-refractivity contribution in [3.05, 3.63) is 64.4 Å². The van der Waals surface area contributed by atoms with Gasteiger partial charge in [0.2, 0.25) is 0 Å². The largest absolute Gasteiger partial charge is 0.394 e. The lowest BCUT2D eigenvalue weighted by Crippen LogP contribution is -2.38. The van der Waals surface area contributed by atoms with Crippen LogP contribution in [0.5, 0.6) is 0 Å². The fourth-order valence-electron chi connectivity index (χ4n) is 2.24. The number of rotatable bonds is 5. The molecular weight excluding hydrogens is 321 g/mol. The molecule has 20 heavy (non-hydrogen) atoms. The quantitative estimate of drug-likeness (QED) is 0.852. The van der Waals surface area contributed by atoms with E-state index in [0.717, 1.165) is 10.0 Å². The first-order chi connectivity index (χ1) is 9.59. The highest BCUT2D eigenvalue weighted by atomic mass is 79.9. The number of aliphatic hydroxyl groups excluding tert-OH is 1. The van der Waals surface area contributed by atoms with Crippen LogP contribution in [0, 0.1) is 5.82 Å². The average Bonchev–Trinajstić information content (AvgIpc) is 2.45. The van der Waals surface area contributed by atoms with E-state index in [1.807, 2.05) is 31.2 Å². The normalized spacial score (nSPS) is 13.8. The molecule has 0 aliphatic heterocycles. The third kappa shape index (κ3) is 3.19. The van der Waals surface area contributed by atoms with Gasteiger partial charge in [0, 0.05) is 10.2 Å². The molecule has 0 spiro atoms. The first-order valence-corrected chi connectivity index (χ1v) is 7.29. The molecule has 0 heterocycles. The van der Waals surface area contributed by atoms with Crippen molar-refractivity contribution in [2.24, 2.45) is 0 Å². The van der Waals surface area contributed by atoms with Crippen molar-refractivity contribution < 1.29 is 9.50 Å². The molecule has 1 unspecified atom stereocenters. The van der Waals surface area contributed by atoms with Crippen LogP contribution in [0.15, 0.2) is 53.0 Å². The van der Waals surface area contributed by atoms with Crippen molar-refractivity contribution in [3.8, 4) is 0 Å². The van der Waals surface area contributed by atoms with Crippen molar-refractivity contribution >= 4 is 21.6 Å². The molecule has 2 rings (SSSR count). The Hall–Kier alpha value is -1.39. The van der Waals surface area contributed by atoms with Gasteiger partial charge < -0.3 is 10.4 Å². The van der Waals surface area contributed by atoms with Crippen LogP contribution in [0.4, 0.5) is 10.1 Å². The van der Waals surface area contributed by atoms with Gasteiger partial charge >= 0.3 is 0 Å². The second-order valence-electron chi connectivity index (χ2n) is 4.74. The number of hydrogen-bond donors (Lipinski definition) is 2. The van der Waals surface area contributed by atoms with Crippen LogP contribution in [0.3, 0.4) is 0 Å². The number of hydrogen-bond acceptors (Lipinski definition) is 2. The Morgan fingerprint density at radius 1 is 1.20 bits per heavy atom. The minimum atomic E-state index is -0.627. The minimum absolute atomic E-state index is 0.0729. The molecule has 0 aliphatic rings. The Bertz CT molecular complexity index is 584. The van der Waals surface area contributed by atoms with Gasteiger partial charge in [0.1, 0.15) is 5.82 Å². The summed E-state index contributed by atoms with van der Waals surface area (Å²) in [6, 6.07) is 14.0. The number of halogens is 2. The highest BCUT2D eigenvalue weighted by Gasteiger charge is 2.29. The van der Waals surface area contributed by atoms with Crippen LogP contribution in [-0.4, -0.2) is 11.7 Å². The molecule has 2 aromatic carbocycles. The summed E-state index contributed by atoms with van der Waals surface area (Å²) in [7, 11) is 0. The van der Waals surface area contributed by atoms with Gasteiger partial charge in [0.05, 0.1) is 12.1 Å². The number of benzene rings is 2. The summed E-state index contributed by atoms with van der Waals surface area (Å²) in [6.07, 6.45) is 0.677. The maximum atomic E-state index is 13.3. The summed E-state index contributed by atoms with van der Waals surface area (Å²) < 4.78 is 14.3. The highest BCUT2D eigenvalue weighted by molar-refractivity contribution is 9.10. The SMILES string of the molecule is CCC(CO)(Nc1cccc(F)c1)c1cccc(Br)c1. The van der Waals surface area contributed by atoms with Crippen LogP contribution < -0.4 is 5.32 Å². The topological polar surface area (TPSA) is 32.3 Å². The van der Waals surface area contributed by atoms with E-state index in [1.165, 1.54) is 12.1 Å². The van der Waals surface area contributed by atoms with E-state index < -0.39 is 5.54 Å². The Balaban J connectivity index is 2.39. The van der Waals surface area contributed by atoms with E-state index in [4.69, 9.17) is 0 Å². The summed E-state index contributed by atoms with van der Waals surface area (Å²) in [5.74, 6) is -0.299. The van der Waals surface area contributed by atoms with E-state index in [9.17, 15) is 9.50 Å². The Morgan fingerprint density at radius 3 is 2.55 bits per heavy atom. The van der Waals surface area contributed by atoms with E-state index in [0.29, 0.717) is 12.1 Å². The van der Waals surface area contributed by atoms with E-state index in [-0.39, 0.29) is 12.4 Å². The molecule has 2 nitrogen and oxygen atoms in total. The van der Waals surface area contributed by atoms with Crippen molar-refractivity contribution in [1.29, 1.82) is 0 Å². The summed E-state index contributed by atoms with van der Waals surface area (Å²) in [5, 5.41) is 13.1. The fraction of sp³-hybridized carbons (Fsp3) is 0.250. The fourth-order valence-corrected chi connectivity index (χ4v) is 2.64. The third-order valence-electron chi connectivity index (χ3n) is 3.46. The van der Waals surface area contributed by atoms with Gasteiger partial charge in [-0.25, -0.2) is 4.39 Å². The van der Waals surface area contributed by atoms with Crippen molar-refractivity contribution in [2.75, 3.05) is 11.9 Å². The van der Waals surface area contributed by atoms with Crippen LogP contribution in [0.2, 0.25) is 0 Å². The molecule has 0 saturated carbocycles. The predicted molar refractivity (Wildman–Crippen MR) is 83.2 cm³/mol. The molecule has 0 bridgehead atoms. The number of aliphatic hydroxyl groups is 1. The molecule has 0 fully saturated rings. The molecular formula is C16H17BrFNO. The average molecular weight is 338 g/mol. The first-order valence-electron chi connectivity index (χ1n) is 6.50. The van der Waals surface area contributed by atoms with Crippen molar-refractivity contribution in [3.63, 3.8) is 0 Å². The van der Waals surface area contributed by atoms with Crippen molar-refractivity contribution in [2.45, 2.75) is 18.9 Å². The zero-order valence-corrected chi connectivity index (χ0v) is 12.8. The molecule has 0 radical (unpaired) electrons. The molecule has 4 heteroatoms. The maximum Gasteiger partial charge on any atom is 0.125 e. The minimum Gasteiger partial charge on any atom is -0.394 e. The summed E-state index contributed by atoms with van der Waals surface area (Å²) in [4.78, 5) is 0. The van der Waals surface area contributed by atoms with E-state index in [2.05, 4.69) is 21.2 Å². The molecule has 2 aromatic rings. The zero-order valence-electron chi connectivity index (χ0n) is 11.2. The molecule has 1 atom stereocenters. The van der Waals surface area contributed by atoms with Crippen LogP contribution in [0.1, 0.15) is 18.9 Å². The van der Waals surface area contributed by atoms with Crippen molar-refractivity contribution in [1.82, 2.24) is 0 Å². The second-order valence-corrected chi connectivity index (χ2v) is 5.66. The van der Waals surface area contributed by atoms with Crippen LogP contribution >= 0.6 is 15.9 Å². The number of anilines is 1. The lowest BCUT2D eigenvalue weighted by atomic mass is 9.87. The maximum absolute atomic E-state index is 13.3. The Labute approximate surface area is 126 Å². The molecule has 0 saturated heterocycles. The predicted octanol–water partition coefficient (Wildman–Crippen LogP) is 4.30. The van der Waals surface area contributed by atoms with Gasteiger partial charge in [-0.2, -0.15) is 0 Å². The molecule has 2 N–H and O–H groups in total.